The lowest BCUT2D eigenvalue weighted by Crippen LogP contribution is -2.51. The Labute approximate surface area is 323 Å². The lowest BCUT2D eigenvalue weighted by atomic mass is 9.82. The van der Waals surface area contributed by atoms with E-state index < -0.39 is 19.8 Å². The molecule has 9 rings (SSSR count). The van der Waals surface area contributed by atoms with Gasteiger partial charge in [0.05, 0.1) is 66.7 Å². The van der Waals surface area contributed by atoms with Crippen LogP contribution in [-0.4, -0.2) is 58.5 Å². The van der Waals surface area contributed by atoms with Crippen molar-refractivity contribution in [1.82, 2.24) is 19.6 Å². The van der Waals surface area contributed by atoms with Crippen LogP contribution < -0.4 is 25.9 Å². The first-order valence-electron chi connectivity index (χ1n) is 19.0. The summed E-state index contributed by atoms with van der Waals surface area (Å²) in [5.74, 6) is 0.307. The molecule has 4 atom stereocenters. The second-order valence-corrected chi connectivity index (χ2v) is 20.2. The van der Waals surface area contributed by atoms with Crippen LogP contribution in [0.1, 0.15) is 24.5 Å². The molecule has 3 N–H and O–H groups in total. The van der Waals surface area contributed by atoms with Gasteiger partial charge in [-0.25, -0.2) is 9.36 Å². The standard InChI is InChI=1S/C44H43N5O6Si/c1-27-40(56(3,4)32-20-18-31(54-2)19-21-32)39(23-24-50)55-44(27)35-25-30(49-42(52)34-10-6-8-12-37(34)46-49)17-22-38(35)47(43(44)53)26-28-13-15-29(16-14-28)48-41(51)33-9-5-7-11-36(33)45-48/h5-22,25,27,39-40,45-46,50H,23-24,26H2,1-4H3/t27-,39+,40-,44+/m0/s1. The third-order valence-electron chi connectivity index (χ3n) is 12.2. The predicted molar refractivity (Wildman–Crippen MR) is 220 cm³/mol. The number of nitrogens with zero attached hydrogens (tertiary/aromatic N) is 3. The maximum atomic E-state index is 15.3. The van der Waals surface area contributed by atoms with E-state index >= 15 is 4.79 Å². The molecule has 284 valence electrons. The van der Waals surface area contributed by atoms with E-state index in [9.17, 15) is 14.7 Å². The van der Waals surface area contributed by atoms with Gasteiger partial charge >= 0.3 is 0 Å². The number of ether oxygens (including phenoxy) is 2. The zero-order valence-corrected chi connectivity index (χ0v) is 32.7. The fourth-order valence-electron chi connectivity index (χ4n) is 9.41. The quantitative estimate of drug-likeness (QED) is 0.152. The number of hydrogen-bond acceptors (Lipinski definition) is 6. The molecular formula is C44H43N5O6Si. The van der Waals surface area contributed by atoms with E-state index in [0.29, 0.717) is 45.3 Å². The van der Waals surface area contributed by atoms with Gasteiger partial charge in [0, 0.05) is 18.1 Å². The van der Waals surface area contributed by atoms with Crippen molar-refractivity contribution < 1.29 is 19.4 Å². The van der Waals surface area contributed by atoms with E-state index in [1.54, 1.807) is 24.1 Å². The number of H-pyrrole nitrogens is 2. The highest BCUT2D eigenvalue weighted by Gasteiger charge is 2.66. The molecule has 2 aromatic heterocycles. The van der Waals surface area contributed by atoms with Gasteiger partial charge in [0.15, 0.2) is 5.60 Å². The molecule has 1 saturated heterocycles. The van der Waals surface area contributed by atoms with E-state index in [1.165, 1.54) is 14.6 Å². The van der Waals surface area contributed by atoms with E-state index in [2.05, 4.69) is 42.3 Å². The van der Waals surface area contributed by atoms with Crippen LogP contribution in [0, 0.1) is 5.92 Å². The molecule has 11 nitrogen and oxygen atoms in total. The van der Waals surface area contributed by atoms with Crippen molar-refractivity contribution in [3.63, 3.8) is 0 Å². The molecule has 0 aliphatic carbocycles. The molecule has 2 aliphatic rings. The molecule has 2 aliphatic heterocycles. The Kier molecular flexibility index (Phi) is 8.53. The Morgan fingerprint density at radius 2 is 1.38 bits per heavy atom. The van der Waals surface area contributed by atoms with Crippen LogP contribution in [0.25, 0.3) is 33.2 Å². The molecule has 4 heterocycles. The summed E-state index contributed by atoms with van der Waals surface area (Å²) in [6, 6.07) is 36.3. The Balaban J connectivity index is 1.15. The molecule has 0 saturated carbocycles. The van der Waals surface area contributed by atoms with Crippen molar-refractivity contribution in [2.45, 2.75) is 50.2 Å². The van der Waals surface area contributed by atoms with Crippen molar-refractivity contribution in [2.24, 2.45) is 5.92 Å². The second kappa shape index (κ2) is 13.4. The molecule has 0 radical (unpaired) electrons. The van der Waals surface area contributed by atoms with Crippen molar-refractivity contribution in [3.05, 3.63) is 147 Å². The molecule has 1 fully saturated rings. The summed E-state index contributed by atoms with van der Waals surface area (Å²) in [5, 5.41) is 19.2. The summed E-state index contributed by atoms with van der Waals surface area (Å²) < 4.78 is 15.7. The average molecular weight is 766 g/mol. The Hall–Kier alpha value is -5.95. The average Bonchev–Trinajstić information content (AvgIpc) is 3.90. The number of anilines is 1. The number of para-hydroxylation sites is 2. The highest BCUT2D eigenvalue weighted by Crippen LogP contribution is 2.60. The van der Waals surface area contributed by atoms with Crippen molar-refractivity contribution in [1.29, 1.82) is 0 Å². The summed E-state index contributed by atoms with van der Waals surface area (Å²) in [6.45, 7) is 6.90. The minimum atomic E-state index is -2.41. The molecule has 5 aromatic carbocycles. The first-order chi connectivity index (χ1) is 27.1. The molecule has 12 heteroatoms. The number of benzene rings is 5. The van der Waals surface area contributed by atoms with Crippen molar-refractivity contribution in [3.8, 4) is 17.1 Å². The first-order valence-corrected chi connectivity index (χ1v) is 22.0. The summed E-state index contributed by atoms with van der Waals surface area (Å²) in [5.41, 5.74) is 3.27. The van der Waals surface area contributed by atoms with Crippen LogP contribution >= 0.6 is 0 Å². The minimum absolute atomic E-state index is 0.0480. The smallest absolute Gasteiger partial charge is 0.279 e. The number of aliphatic hydroxyl groups is 1. The topological polar surface area (TPSA) is 135 Å². The minimum Gasteiger partial charge on any atom is -0.497 e. The maximum Gasteiger partial charge on any atom is 0.279 e. The molecule has 1 amide bonds. The lowest BCUT2D eigenvalue weighted by Gasteiger charge is -2.37. The summed E-state index contributed by atoms with van der Waals surface area (Å²) in [4.78, 5) is 44.0. The Morgan fingerprint density at radius 1 is 0.786 bits per heavy atom. The molecule has 0 unspecified atom stereocenters. The van der Waals surface area contributed by atoms with Gasteiger partial charge in [-0.2, -0.15) is 0 Å². The van der Waals surface area contributed by atoms with Gasteiger partial charge in [0.1, 0.15) is 5.75 Å². The summed E-state index contributed by atoms with van der Waals surface area (Å²) in [7, 11) is -0.755. The zero-order valence-electron chi connectivity index (χ0n) is 31.7. The van der Waals surface area contributed by atoms with Crippen LogP contribution in [0.4, 0.5) is 5.69 Å². The molecule has 56 heavy (non-hydrogen) atoms. The monoisotopic (exact) mass is 765 g/mol. The van der Waals surface area contributed by atoms with Gasteiger partial charge in [-0.15, -0.1) is 0 Å². The van der Waals surface area contributed by atoms with Crippen LogP contribution in [0.15, 0.2) is 125 Å². The summed E-state index contributed by atoms with van der Waals surface area (Å²) >= 11 is 0. The zero-order chi connectivity index (χ0) is 38.9. The third-order valence-corrected chi connectivity index (χ3v) is 16.6. The number of aliphatic hydroxyl groups excluding tert-OH is 1. The fourth-order valence-corrected chi connectivity index (χ4v) is 13.5. The van der Waals surface area contributed by atoms with Crippen LogP contribution in [0.3, 0.4) is 0 Å². The van der Waals surface area contributed by atoms with E-state index in [0.717, 1.165) is 16.8 Å². The number of methoxy groups -OCH3 is 1. The lowest BCUT2D eigenvalue weighted by molar-refractivity contribution is -0.146. The number of amides is 1. The fraction of sp³-hybridized carbons (Fsp3) is 0.250. The summed E-state index contributed by atoms with van der Waals surface area (Å²) in [6.07, 6.45) is -0.0225. The molecular weight excluding hydrogens is 723 g/mol. The highest BCUT2D eigenvalue weighted by molar-refractivity contribution is 6.91. The second-order valence-electron chi connectivity index (χ2n) is 15.5. The number of nitrogens with one attached hydrogen (secondary N) is 2. The van der Waals surface area contributed by atoms with Crippen LogP contribution in [-0.2, 0) is 21.7 Å². The van der Waals surface area contributed by atoms with Crippen molar-refractivity contribution >= 4 is 46.7 Å². The van der Waals surface area contributed by atoms with Gasteiger partial charge < -0.3 is 19.5 Å². The van der Waals surface area contributed by atoms with Gasteiger partial charge in [-0.3, -0.25) is 24.6 Å². The van der Waals surface area contributed by atoms with Gasteiger partial charge in [0.25, 0.3) is 17.0 Å². The number of rotatable bonds is 9. The number of fused-ring (bicyclic) bond motifs is 4. The number of aromatic nitrogens is 4. The van der Waals surface area contributed by atoms with Gasteiger partial charge in [-0.05, 0) is 84.3 Å². The van der Waals surface area contributed by atoms with E-state index in [4.69, 9.17) is 9.47 Å². The Morgan fingerprint density at radius 3 is 1.96 bits per heavy atom. The van der Waals surface area contributed by atoms with Crippen molar-refractivity contribution in [2.75, 3.05) is 18.6 Å². The number of carbonyl (C=O) groups is 1. The normalized spacial score (nSPS) is 20.8. The molecule has 0 bridgehead atoms. The third kappa shape index (κ3) is 5.35. The number of hydrogen-bond donors (Lipinski definition) is 3. The number of aromatic amines is 2. The predicted octanol–water partition coefficient (Wildman–Crippen LogP) is 6.10. The SMILES string of the molecule is COc1ccc([Si](C)(C)[C@@H]2[C@@H](CCO)O[C@]3(C(=O)N(Cc4ccc(-n5[nH]c6ccccc6c5=O)cc4)c4ccc(-n5[nH]c6ccccc6c5=O)cc43)[C@H]2C)cc1. The van der Waals surface area contributed by atoms with Gasteiger partial charge in [0.2, 0.25) is 0 Å². The van der Waals surface area contributed by atoms with Gasteiger partial charge in [-0.1, -0.05) is 73.7 Å². The maximum absolute atomic E-state index is 15.3. The highest BCUT2D eigenvalue weighted by atomic mass is 28.3. The van der Waals surface area contributed by atoms with E-state index in [-0.39, 0.29) is 41.6 Å². The molecule has 1 spiro atoms. The molecule has 7 aromatic rings. The van der Waals surface area contributed by atoms with Crippen LogP contribution in [0.5, 0.6) is 5.75 Å². The number of carbonyl (C=O) groups excluding carboxylic acids is 1. The van der Waals surface area contributed by atoms with E-state index in [1.807, 2.05) is 91.0 Å². The largest absolute Gasteiger partial charge is 0.497 e. The Bertz CT molecular complexity index is 2750. The first kappa shape index (κ1) is 35.7. The van der Waals surface area contributed by atoms with Crippen LogP contribution in [0.2, 0.25) is 18.6 Å².